The zero-order valence-electron chi connectivity index (χ0n) is 14.5. The van der Waals surface area contributed by atoms with Gasteiger partial charge in [-0.25, -0.2) is 4.79 Å². The molecular weight excluding hydrogens is 294 g/mol. The van der Waals surface area contributed by atoms with Crippen LogP contribution in [-0.4, -0.2) is 45.6 Å². The zero-order valence-corrected chi connectivity index (χ0v) is 14.5. The lowest BCUT2D eigenvalue weighted by Gasteiger charge is -2.35. The predicted octanol–water partition coefficient (Wildman–Crippen LogP) is 2.95. The van der Waals surface area contributed by atoms with E-state index in [0.717, 1.165) is 12.0 Å². The second kappa shape index (κ2) is 8.89. The first kappa shape index (κ1) is 19.5. The Hall–Kier alpha value is -1.59. The molecule has 1 aromatic rings. The van der Waals surface area contributed by atoms with Crippen molar-refractivity contribution in [1.82, 2.24) is 4.90 Å². The normalized spacial score (nSPS) is 14.2. The van der Waals surface area contributed by atoms with Crippen LogP contribution in [0.25, 0.3) is 0 Å². The maximum absolute atomic E-state index is 12.6. The van der Waals surface area contributed by atoms with E-state index < -0.39 is 30.4 Å². The minimum absolute atomic E-state index is 0.331. The lowest BCUT2D eigenvalue weighted by atomic mass is 10.0. The molecule has 0 saturated carbocycles. The molecule has 2 N–H and O–H groups in total. The average molecular weight is 323 g/mol. The first-order valence-electron chi connectivity index (χ1n) is 8.11. The molecule has 1 aromatic carbocycles. The van der Waals surface area contributed by atoms with Crippen LogP contribution in [0.1, 0.15) is 46.1 Å². The van der Waals surface area contributed by atoms with Gasteiger partial charge in [0.15, 0.2) is 0 Å². The van der Waals surface area contributed by atoms with Crippen molar-refractivity contribution in [3.05, 3.63) is 35.9 Å². The third kappa shape index (κ3) is 6.59. The number of amides is 1. The van der Waals surface area contributed by atoms with Gasteiger partial charge in [-0.15, -0.1) is 0 Å². The maximum Gasteiger partial charge on any atom is 0.410 e. The van der Waals surface area contributed by atoms with E-state index in [4.69, 9.17) is 4.74 Å². The van der Waals surface area contributed by atoms with Crippen molar-refractivity contribution >= 4 is 6.09 Å². The number of ether oxygens (including phenoxy) is 1. The summed E-state index contributed by atoms with van der Waals surface area (Å²) in [6.07, 6.45) is -0.0950. The molecule has 0 aliphatic carbocycles. The lowest BCUT2D eigenvalue weighted by Crippen LogP contribution is -2.49. The van der Waals surface area contributed by atoms with Gasteiger partial charge >= 0.3 is 6.09 Å². The first-order valence-corrected chi connectivity index (χ1v) is 8.11. The minimum atomic E-state index is -0.994. The number of carbonyl (C=O) groups is 1. The van der Waals surface area contributed by atoms with E-state index in [1.165, 1.54) is 4.90 Å². The molecule has 2 atom stereocenters. The number of benzene rings is 1. The van der Waals surface area contributed by atoms with Gasteiger partial charge < -0.3 is 14.9 Å². The SMILES string of the molecule is CCC[C@H]([C@@H](O)CO)N(Cc1ccccc1)C(=O)OC(C)(C)C. The Morgan fingerprint density at radius 1 is 1.26 bits per heavy atom. The molecule has 5 nitrogen and oxygen atoms in total. The number of rotatable bonds is 7. The van der Waals surface area contributed by atoms with Crippen molar-refractivity contribution in [2.45, 2.75) is 64.8 Å². The Morgan fingerprint density at radius 3 is 2.35 bits per heavy atom. The van der Waals surface area contributed by atoms with Crippen molar-refractivity contribution < 1.29 is 19.7 Å². The van der Waals surface area contributed by atoms with E-state index >= 15 is 0 Å². The summed E-state index contributed by atoms with van der Waals surface area (Å²) in [5, 5.41) is 19.5. The van der Waals surface area contributed by atoms with Crippen molar-refractivity contribution in [2.75, 3.05) is 6.61 Å². The molecule has 0 radical (unpaired) electrons. The Balaban J connectivity index is 3.04. The van der Waals surface area contributed by atoms with Gasteiger partial charge in [0.25, 0.3) is 0 Å². The van der Waals surface area contributed by atoms with E-state index in [0.29, 0.717) is 13.0 Å². The van der Waals surface area contributed by atoms with E-state index in [-0.39, 0.29) is 0 Å². The summed E-state index contributed by atoms with van der Waals surface area (Å²) < 4.78 is 5.49. The maximum atomic E-state index is 12.6. The van der Waals surface area contributed by atoms with Crippen LogP contribution in [0.5, 0.6) is 0 Å². The van der Waals surface area contributed by atoms with Crippen LogP contribution in [0.15, 0.2) is 30.3 Å². The Kier molecular flexibility index (Phi) is 7.52. The van der Waals surface area contributed by atoms with Crippen LogP contribution < -0.4 is 0 Å². The third-order valence-corrected chi connectivity index (χ3v) is 3.44. The summed E-state index contributed by atoms with van der Waals surface area (Å²) in [5.74, 6) is 0. The van der Waals surface area contributed by atoms with Crippen LogP contribution in [0.4, 0.5) is 4.79 Å². The highest BCUT2D eigenvalue weighted by Crippen LogP contribution is 2.20. The molecular formula is C18H29NO4. The summed E-state index contributed by atoms with van der Waals surface area (Å²) in [6.45, 7) is 7.35. The monoisotopic (exact) mass is 323 g/mol. The first-order chi connectivity index (χ1) is 10.8. The molecule has 1 amide bonds. The molecule has 0 saturated heterocycles. The van der Waals surface area contributed by atoms with Gasteiger partial charge in [-0.3, -0.25) is 4.90 Å². The summed E-state index contributed by atoms with van der Waals surface area (Å²) in [4.78, 5) is 14.1. The average Bonchev–Trinajstić information content (AvgIpc) is 2.49. The fourth-order valence-corrected chi connectivity index (χ4v) is 2.39. The molecule has 1 rings (SSSR count). The van der Waals surface area contributed by atoms with Gasteiger partial charge in [0, 0.05) is 6.54 Å². The van der Waals surface area contributed by atoms with Crippen LogP contribution in [0.3, 0.4) is 0 Å². The number of aliphatic hydroxyl groups is 2. The van der Waals surface area contributed by atoms with Gasteiger partial charge in [-0.05, 0) is 32.8 Å². The Morgan fingerprint density at radius 2 is 1.87 bits per heavy atom. The summed E-state index contributed by atoms with van der Waals surface area (Å²) in [5.41, 5.74) is 0.331. The molecule has 0 aliphatic heterocycles. The van der Waals surface area contributed by atoms with Gasteiger partial charge in [0.1, 0.15) is 5.60 Å². The number of aliphatic hydroxyl groups excluding tert-OH is 2. The fraction of sp³-hybridized carbons (Fsp3) is 0.611. The molecule has 0 fully saturated rings. The number of hydrogen-bond donors (Lipinski definition) is 2. The highest BCUT2D eigenvalue weighted by atomic mass is 16.6. The molecule has 0 bridgehead atoms. The Labute approximate surface area is 138 Å². The van der Waals surface area contributed by atoms with Gasteiger partial charge in [0.05, 0.1) is 18.8 Å². The zero-order chi connectivity index (χ0) is 17.5. The van der Waals surface area contributed by atoms with Crippen molar-refractivity contribution in [3.63, 3.8) is 0 Å². The molecule has 5 heteroatoms. The van der Waals surface area contributed by atoms with Crippen molar-refractivity contribution in [3.8, 4) is 0 Å². The van der Waals surface area contributed by atoms with Gasteiger partial charge in [-0.2, -0.15) is 0 Å². The largest absolute Gasteiger partial charge is 0.444 e. The highest BCUT2D eigenvalue weighted by Gasteiger charge is 2.32. The fourth-order valence-electron chi connectivity index (χ4n) is 2.39. The second-order valence-electron chi connectivity index (χ2n) is 6.70. The quantitative estimate of drug-likeness (QED) is 0.809. The third-order valence-electron chi connectivity index (χ3n) is 3.44. The summed E-state index contributed by atoms with van der Waals surface area (Å²) in [7, 11) is 0. The molecule has 0 aromatic heterocycles. The van der Waals surface area contributed by atoms with E-state index in [2.05, 4.69) is 0 Å². The molecule has 130 valence electrons. The molecule has 23 heavy (non-hydrogen) atoms. The standard InChI is InChI=1S/C18H29NO4/c1-5-9-15(16(21)13-20)19(17(22)23-18(2,3)4)12-14-10-7-6-8-11-14/h6-8,10-11,15-16,20-21H,5,9,12-13H2,1-4H3/t15-,16+/m1/s1. The molecule has 0 unspecified atom stereocenters. The van der Waals surface area contributed by atoms with Crippen molar-refractivity contribution in [2.24, 2.45) is 0 Å². The molecule has 0 aliphatic rings. The van der Waals surface area contributed by atoms with E-state index in [9.17, 15) is 15.0 Å². The summed E-state index contributed by atoms with van der Waals surface area (Å²) in [6, 6.07) is 9.07. The molecule has 0 heterocycles. The van der Waals surface area contributed by atoms with E-state index in [1.54, 1.807) is 0 Å². The van der Waals surface area contributed by atoms with Crippen LogP contribution in [0, 0.1) is 0 Å². The van der Waals surface area contributed by atoms with Gasteiger partial charge in [-0.1, -0.05) is 43.7 Å². The predicted molar refractivity (Wildman–Crippen MR) is 90.0 cm³/mol. The van der Waals surface area contributed by atoms with Crippen LogP contribution in [-0.2, 0) is 11.3 Å². The van der Waals surface area contributed by atoms with E-state index in [1.807, 2.05) is 58.0 Å². The summed E-state index contributed by atoms with van der Waals surface area (Å²) >= 11 is 0. The number of carbonyl (C=O) groups excluding carboxylic acids is 1. The topological polar surface area (TPSA) is 70.0 Å². The van der Waals surface area contributed by atoms with Gasteiger partial charge in [0.2, 0.25) is 0 Å². The minimum Gasteiger partial charge on any atom is -0.444 e. The highest BCUT2D eigenvalue weighted by molar-refractivity contribution is 5.68. The van der Waals surface area contributed by atoms with Crippen molar-refractivity contribution in [1.29, 1.82) is 0 Å². The van der Waals surface area contributed by atoms with Crippen LogP contribution >= 0.6 is 0 Å². The molecule has 0 spiro atoms. The van der Waals surface area contributed by atoms with Crippen LogP contribution in [0.2, 0.25) is 0 Å². The second-order valence-corrected chi connectivity index (χ2v) is 6.70. The smallest absolute Gasteiger partial charge is 0.410 e. The number of hydrogen-bond acceptors (Lipinski definition) is 4. The Bertz CT molecular complexity index is 470. The number of nitrogens with zero attached hydrogens (tertiary/aromatic N) is 1. The lowest BCUT2D eigenvalue weighted by molar-refractivity contribution is -0.0233.